The van der Waals surface area contributed by atoms with E-state index in [4.69, 9.17) is 27.9 Å². The number of hydrogen-bond donors (Lipinski definition) is 0. The molecule has 0 fully saturated rings. The van der Waals surface area contributed by atoms with Crippen molar-refractivity contribution in [2.24, 2.45) is 0 Å². The number of ether oxygens (including phenoxy) is 1. The van der Waals surface area contributed by atoms with Crippen molar-refractivity contribution in [3.05, 3.63) is 28.0 Å². The molecule has 1 rings (SSSR count). The van der Waals surface area contributed by atoms with E-state index >= 15 is 0 Å². The van der Waals surface area contributed by atoms with Gasteiger partial charge in [-0.3, -0.25) is 0 Å². The summed E-state index contributed by atoms with van der Waals surface area (Å²) in [5.41, 5.74) is -0.285. The van der Waals surface area contributed by atoms with Gasteiger partial charge >= 0.3 is 5.97 Å². The SMILES string of the molecule is CCC(C)(C)OC(=O)c1ccc(Cl)nc1Cl. The number of esters is 1. The highest BCUT2D eigenvalue weighted by atomic mass is 35.5. The van der Waals surface area contributed by atoms with Crippen LogP contribution in [0.3, 0.4) is 0 Å². The summed E-state index contributed by atoms with van der Waals surface area (Å²) in [4.78, 5) is 15.5. The van der Waals surface area contributed by atoms with Gasteiger partial charge in [0, 0.05) is 0 Å². The van der Waals surface area contributed by atoms with Gasteiger partial charge in [-0.2, -0.15) is 0 Å². The molecule has 88 valence electrons. The van der Waals surface area contributed by atoms with Crippen molar-refractivity contribution in [2.45, 2.75) is 32.8 Å². The monoisotopic (exact) mass is 261 g/mol. The number of hydrogen-bond acceptors (Lipinski definition) is 3. The molecule has 0 atom stereocenters. The number of rotatable bonds is 3. The van der Waals surface area contributed by atoms with E-state index in [-0.39, 0.29) is 15.9 Å². The summed E-state index contributed by atoms with van der Waals surface area (Å²) in [6.07, 6.45) is 0.720. The van der Waals surface area contributed by atoms with Crippen LogP contribution in [-0.4, -0.2) is 16.6 Å². The smallest absolute Gasteiger partial charge is 0.341 e. The molecule has 0 aliphatic carbocycles. The predicted molar refractivity (Wildman–Crippen MR) is 64.0 cm³/mol. The fraction of sp³-hybridized carbons (Fsp3) is 0.455. The molecule has 3 nitrogen and oxygen atoms in total. The highest BCUT2D eigenvalue weighted by molar-refractivity contribution is 6.34. The van der Waals surface area contributed by atoms with E-state index in [1.165, 1.54) is 12.1 Å². The van der Waals surface area contributed by atoms with Crippen LogP contribution in [0.4, 0.5) is 0 Å². The van der Waals surface area contributed by atoms with Crippen molar-refractivity contribution in [3.63, 3.8) is 0 Å². The first-order valence-corrected chi connectivity index (χ1v) is 5.66. The van der Waals surface area contributed by atoms with Gasteiger partial charge in [0.15, 0.2) is 0 Å². The molecular formula is C11H13Cl2NO2. The molecule has 0 spiro atoms. The highest BCUT2D eigenvalue weighted by Gasteiger charge is 2.23. The van der Waals surface area contributed by atoms with Crippen LogP contribution in [0.15, 0.2) is 12.1 Å². The summed E-state index contributed by atoms with van der Waals surface area (Å²) in [6.45, 7) is 5.61. The zero-order valence-corrected chi connectivity index (χ0v) is 10.9. The fourth-order valence-electron chi connectivity index (χ4n) is 0.942. The van der Waals surface area contributed by atoms with Gasteiger partial charge in [-0.1, -0.05) is 30.1 Å². The van der Waals surface area contributed by atoms with Gasteiger partial charge in [-0.05, 0) is 32.4 Å². The fourth-order valence-corrected chi connectivity index (χ4v) is 1.36. The lowest BCUT2D eigenvalue weighted by atomic mass is 10.1. The van der Waals surface area contributed by atoms with Crippen LogP contribution in [0.2, 0.25) is 10.3 Å². The van der Waals surface area contributed by atoms with Crippen molar-refractivity contribution in [1.82, 2.24) is 4.98 Å². The highest BCUT2D eigenvalue weighted by Crippen LogP contribution is 2.21. The van der Waals surface area contributed by atoms with Crippen molar-refractivity contribution in [2.75, 3.05) is 0 Å². The number of nitrogens with zero attached hydrogens (tertiary/aromatic N) is 1. The molecule has 0 radical (unpaired) electrons. The number of pyridine rings is 1. The molecule has 0 N–H and O–H groups in total. The number of carbonyl (C=O) groups excluding carboxylic acids is 1. The Kier molecular flexibility index (Phi) is 4.16. The first-order chi connectivity index (χ1) is 7.35. The van der Waals surface area contributed by atoms with Crippen LogP contribution in [-0.2, 0) is 4.74 Å². The van der Waals surface area contributed by atoms with Gasteiger partial charge in [-0.15, -0.1) is 0 Å². The molecule has 1 aromatic heterocycles. The molecule has 0 aromatic carbocycles. The summed E-state index contributed by atoms with van der Waals surface area (Å²) < 4.78 is 5.29. The lowest BCUT2D eigenvalue weighted by Crippen LogP contribution is -2.27. The summed E-state index contributed by atoms with van der Waals surface area (Å²) in [5, 5.41) is 0.306. The molecule has 0 saturated carbocycles. The molecular weight excluding hydrogens is 249 g/mol. The first kappa shape index (κ1) is 13.3. The topological polar surface area (TPSA) is 39.2 Å². The lowest BCUT2D eigenvalue weighted by Gasteiger charge is -2.23. The number of carbonyl (C=O) groups is 1. The average Bonchev–Trinajstić information content (AvgIpc) is 2.16. The van der Waals surface area contributed by atoms with Crippen LogP contribution in [0.1, 0.15) is 37.6 Å². The number of aromatic nitrogens is 1. The summed E-state index contributed by atoms with van der Waals surface area (Å²) in [5.74, 6) is -0.485. The van der Waals surface area contributed by atoms with Crippen molar-refractivity contribution < 1.29 is 9.53 Å². The Labute approximate surface area is 105 Å². The summed E-state index contributed by atoms with van der Waals surface area (Å²) in [7, 11) is 0. The van der Waals surface area contributed by atoms with Gasteiger partial charge in [-0.25, -0.2) is 9.78 Å². The van der Waals surface area contributed by atoms with Crippen molar-refractivity contribution in [1.29, 1.82) is 0 Å². The quantitative estimate of drug-likeness (QED) is 0.615. The number of halogens is 2. The minimum absolute atomic E-state index is 0.0596. The van der Waals surface area contributed by atoms with Gasteiger partial charge in [0.1, 0.15) is 15.9 Å². The Bertz CT molecular complexity index is 405. The standard InChI is InChI=1S/C11H13Cl2NO2/c1-4-11(2,3)16-10(15)7-5-6-8(12)14-9(7)13/h5-6H,4H2,1-3H3. The van der Waals surface area contributed by atoms with Crippen LogP contribution in [0.5, 0.6) is 0 Å². The molecule has 0 saturated heterocycles. The second-order valence-electron chi connectivity index (χ2n) is 3.98. The molecule has 5 heteroatoms. The second kappa shape index (κ2) is 5.02. The molecule has 0 aliphatic heterocycles. The van der Waals surface area contributed by atoms with E-state index in [1.807, 2.05) is 20.8 Å². The minimum atomic E-state index is -0.514. The maximum Gasteiger partial charge on any atom is 0.341 e. The third-order valence-electron chi connectivity index (χ3n) is 2.26. The Balaban J connectivity index is 2.89. The lowest BCUT2D eigenvalue weighted by molar-refractivity contribution is -0.00245. The maximum atomic E-state index is 11.8. The molecule has 16 heavy (non-hydrogen) atoms. The van der Waals surface area contributed by atoms with E-state index in [0.29, 0.717) is 0 Å². The van der Waals surface area contributed by atoms with Crippen molar-refractivity contribution >= 4 is 29.2 Å². The molecule has 0 aliphatic rings. The molecule has 1 heterocycles. The van der Waals surface area contributed by atoms with Gasteiger partial charge < -0.3 is 4.74 Å². The third kappa shape index (κ3) is 3.35. The average molecular weight is 262 g/mol. The molecule has 0 bridgehead atoms. The minimum Gasteiger partial charge on any atom is -0.456 e. The molecule has 1 aromatic rings. The zero-order valence-electron chi connectivity index (χ0n) is 9.38. The Hall–Kier alpha value is -0.800. The van der Waals surface area contributed by atoms with Gasteiger partial charge in [0.2, 0.25) is 0 Å². The maximum absolute atomic E-state index is 11.8. The molecule has 0 amide bonds. The van der Waals surface area contributed by atoms with E-state index in [2.05, 4.69) is 4.98 Å². The van der Waals surface area contributed by atoms with E-state index in [9.17, 15) is 4.79 Å². The third-order valence-corrected chi connectivity index (χ3v) is 2.75. The second-order valence-corrected chi connectivity index (χ2v) is 4.72. The largest absolute Gasteiger partial charge is 0.456 e. The van der Waals surface area contributed by atoms with Gasteiger partial charge in [0.05, 0.1) is 5.56 Å². The van der Waals surface area contributed by atoms with Gasteiger partial charge in [0.25, 0.3) is 0 Å². The van der Waals surface area contributed by atoms with E-state index in [1.54, 1.807) is 0 Å². The first-order valence-electron chi connectivity index (χ1n) is 4.91. The predicted octanol–water partition coefficient (Wildman–Crippen LogP) is 3.73. The molecule has 0 unspecified atom stereocenters. The van der Waals surface area contributed by atoms with E-state index < -0.39 is 11.6 Å². The Morgan fingerprint density at radius 1 is 1.44 bits per heavy atom. The van der Waals surface area contributed by atoms with E-state index in [0.717, 1.165) is 6.42 Å². The van der Waals surface area contributed by atoms with Crippen LogP contribution in [0, 0.1) is 0 Å². The Morgan fingerprint density at radius 3 is 2.56 bits per heavy atom. The van der Waals surface area contributed by atoms with Crippen molar-refractivity contribution in [3.8, 4) is 0 Å². The van der Waals surface area contributed by atoms with Crippen LogP contribution in [0.25, 0.3) is 0 Å². The van der Waals surface area contributed by atoms with Crippen LogP contribution >= 0.6 is 23.2 Å². The summed E-state index contributed by atoms with van der Waals surface area (Å²) >= 11 is 11.4. The zero-order chi connectivity index (χ0) is 12.3. The van der Waals surface area contributed by atoms with Crippen LogP contribution < -0.4 is 0 Å². The normalized spacial score (nSPS) is 11.3. The Morgan fingerprint density at radius 2 is 2.06 bits per heavy atom. The summed E-state index contributed by atoms with van der Waals surface area (Å²) in [6, 6.07) is 3.01.